The van der Waals surface area contributed by atoms with Crippen LogP contribution in [0.1, 0.15) is 13.3 Å². The number of imidazole rings is 1. The summed E-state index contributed by atoms with van der Waals surface area (Å²) in [5.74, 6) is 0. The number of hydrogen-bond donors (Lipinski definition) is 0. The molecule has 0 fully saturated rings. The molecular weight excluding hydrogens is 280 g/mol. The van der Waals surface area contributed by atoms with E-state index in [1.54, 1.807) is 4.57 Å². The Balaban J connectivity index is 2.71. The van der Waals surface area contributed by atoms with E-state index in [0.29, 0.717) is 0 Å². The Bertz CT molecular complexity index is 609. The van der Waals surface area contributed by atoms with E-state index >= 15 is 0 Å². The van der Waals surface area contributed by atoms with Gasteiger partial charge in [0.15, 0.2) is 0 Å². The maximum Gasteiger partial charge on any atom is 0.333 e. The van der Waals surface area contributed by atoms with E-state index in [0.717, 1.165) is 35.0 Å². The summed E-state index contributed by atoms with van der Waals surface area (Å²) in [7, 11) is 0. The van der Waals surface area contributed by atoms with Crippen molar-refractivity contribution in [2.45, 2.75) is 19.9 Å². The molecule has 4 heteroatoms. The van der Waals surface area contributed by atoms with Gasteiger partial charge in [-0.15, -0.1) is 0 Å². The molecule has 0 aliphatic rings. The second-order valence-electron chi connectivity index (χ2n) is 4.04. The van der Waals surface area contributed by atoms with Gasteiger partial charge in [0.1, 0.15) is 0 Å². The Kier molecular flexibility index (Phi) is 3.52. The van der Waals surface area contributed by atoms with Gasteiger partial charge in [-0.2, -0.15) is 0 Å². The average molecular weight is 295 g/mol. The Morgan fingerprint density at radius 3 is 2.59 bits per heavy atom. The van der Waals surface area contributed by atoms with Crippen LogP contribution in [-0.4, -0.2) is 14.5 Å². The molecule has 1 heterocycles. The molecule has 2 rings (SSSR count). The molecule has 17 heavy (non-hydrogen) atoms. The van der Waals surface area contributed by atoms with E-state index in [-0.39, 0.29) is 5.69 Å². The molecule has 0 aliphatic carbocycles. The zero-order valence-corrected chi connectivity index (χ0v) is 11.4. The van der Waals surface area contributed by atoms with Crippen LogP contribution in [0.2, 0.25) is 0 Å². The van der Waals surface area contributed by atoms with E-state index in [1.165, 1.54) is 0 Å². The molecule has 0 unspecified atom stereocenters. The molecule has 90 valence electrons. The molecule has 2 aromatic rings. The first-order valence-corrected chi connectivity index (χ1v) is 6.71. The van der Waals surface area contributed by atoms with Crippen molar-refractivity contribution >= 4 is 32.7 Å². The van der Waals surface area contributed by atoms with Crippen LogP contribution in [0.5, 0.6) is 0 Å². The molecule has 0 amide bonds. The maximum atomic E-state index is 12.3. The lowest BCUT2D eigenvalue weighted by Gasteiger charge is -2.00. The Labute approximate surface area is 108 Å². The fourth-order valence-corrected chi connectivity index (χ4v) is 2.26. The van der Waals surface area contributed by atoms with Gasteiger partial charge < -0.3 is 0 Å². The van der Waals surface area contributed by atoms with Gasteiger partial charge in [0.2, 0.25) is 0 Å². The predicted octanol–water partition coefficient (Wildman–Crippen LogP) is 3.08. The first-order chi connectivity index (χ1) is 8.16. The van der Waals surface area contributed by atoms with Crippen molar-refractivity contribution in [1.82, 2.24) is 9.13 Å². The zero-order valence-electron chi connectivity index (χ0n) is 9.82. The van der Waals surface area contributed by atoms with Gasteiger partial charge in [0.25, 0.3) is 0 Å². The Hall–Kier alpha value is -1.29. The van der Waals surface area contributed by atoms with Crippen molar-refractivity contribution in [2.24, 2.45) is 0 Å². The molecule has 0 saturated carbocycles. The fourth-order valence-electron chi connectivity index (χ4n) is 2.01. The standard InChI is InChI=1S/C13H15BrN2O/c1-10(2)16-12-7-4-3-6-11(12)15(13(16)17)9-5-8-14/h3-4,6-7H,1,5,8-9H2,2H3. The number of allylic oxidation sites excluding steroid dienone is 1. The van der Waals surface area contributed by atoms with Crippen LogP contribution in [0.25, 0.3) is 16.7 Å². The van der Waals surface area contributed by atoms with E-state index in [2.05, 4.69) is 22.5 Å². The minimum atomic E-state index is -0.000324. The van der Waals surface area contributed by atoms with Crippen molar-refractivity contribution in [2.75, 3.05) is 5.33 Å². The molecule has 0 bridgehead atoms. The van der Waals surface area contributed by atoms with Crippen LogP contribution in [0, 0.1) is 0 Å². The van der Waals surface area contributed by atoms with Gasteiger partial charge in [0, 0.05) is 17.6 Å². The van der Waals surface area contributed by atoms with Gasteiger partial charge in [-0.25, -0.2) is 4.79 Å². The number of halogens is 1. The van der Waals surface area contributed by atoms with Crippen LogP contribution < -0.4 is 5.69 Å². The summed E-state index contributed by atoms with van der Waals surface area (Å²) in [6, 6.07) is 7.83. The maximum absolute atomic E-state index is 12.3. The summed E-state index contributed by atoms with van der Waals surface area (Å²) >= 11 is 3.39. The molecular formula is C13H15BrN2O. The summed E-state index contributed by atoms with van der Waals surface area (Å²) in [6.07, 6.45) is 0.935. The lowest BCUT2D eigenvalue weighted by atomic mass is 10.3. The highest BCUT2D eigenvalue weighted by atomic mass is 79.9. The molecule has 0 N–H and O–H groups in total. The van der Waals surface area contributed by atoms with E-state index in [4.69, 9.17) is 0 Å². The first-order valence-electron chi connectivity index (χ1n) is 5.59. The fraction of sp³-hybridized carbons (Fsp3) is 0.308. The number of aromatic nitrogens is 2. The third-order valence-corrected chi connectivity index (χ3v) is 3.29. The molecule has 1 aromatic carbocycles. The quantitative estimate of drug-likeness (QED) is 0.796. The topological polar surface area (TPSA) is 26.9 Å². The van der Waals surface area contributed by atoms with Crippen LogP contribution in [-0.2, 0) is 6.54 Å². The molecule has 3 nitrogen and oxygen atoms in total. The van der Waals surface area contributed by atoms with Gasteiger partial charge in [0.05, 0.1) is 11.0 Å². The van der Waals surface area contributed by atoms with Crippen molar-refractivity contribution < 1.29 is 0 Å². The van der Waals surface area contributed by atoms with E-state index < -0.39 is 0 Å². The zero-order chi connectivity index (χ0) is 12.4. The number of hydrogen-bond acceptors (Lipinski definition) is 1. The van der Waals surface area contributed by atoms with Crippen molar-refractivity contribution in [3.8, 4) is 0 Å². The van der Waals surface area contributed by atoms with Gasteiger partial charge in [-0.3, -0.25) is 9.13 Å². The average Bonchev–Trinajstić information content (AvgIpc) is 2.58. The van der Waals surface area contributed by atoms with Gasteiger partial charge in [-0.05, 0) is 25.5 Å². The SMILES string of the molecule is C=C(C)n1c(=O)n(CCCBr)c2ccccc21. The monoisotopic (exact) mass is 294 g/mol. The lowest BCUT2D eigenvalue weighted by Crippen LogP contribution is -2.23. The summed E-state index contributed by atoms with van der Waals surface area (Å²) in [5.41, 5.74) is 2.66. The number of fused-ring (bicyclic) bond motifs is 1. The normalized spacial score (nSPS) is 10.9. The summed E-state index contributed by atoms with van der Waals surface area (Å²) < 4.78 is 3.48. The predicted molar refractivity (Wildman–Crippen MR) is 75.6 cm³/mol. The molecule has 0 aliphatic heterocycles. The molecule has 0 radical (unpaired) electrons. The largest absolute Gasteiger partial charge is 0.333 e. The Morgan fingerprint density at radius 1 is 1.35 bits per heavy atom. The van der Waals surface area contributed by atoms with Crippen molar-refractivity contribution in [1.29, 1.82) is 0 Å². The highest BCUT2D eigenvalue weighted by Gasteiger charge is 2.12. The number of benzene rings is 1. The van der Waals surface area contributed by atoms with Gasteiger partial charge in [-0.1, -0.05) is 34.6 Å². The summed E-state index contributed by atoms with van der Waals surface area (Å²) in [4.78, 5) is 12.3. The van der Waals surface area contributed by atoms with Crippen LogP contribution in [0.4, 0.5) is 0 Å². The number of nitrogens with zero attached hydrogens (tertiary/aromatic N) is 2. The molecule has 0 spiro atoms. The Morgan fingerprint density at radius 2 is 2.00 bits per heavy atom. The number of alkyl halides is 1. The van der Waals surface area contributed by atoms with Crippen LogP contribution in [0.3, 0.4) is 0 Å². The second-order valence-corrected chi connectivity index (χ2v) is 4.83. The third-order valence-electron chi connectivity index (χ3n) is 2.73. The van der Waals surface area contributed by atoms with Crippen LogP contribution >= 0.6 is 15.9 Å². The molecule has 1 aromatic heterocycles. The number of para-hydroxylation sites is 2. The van der Waals surface area contributed by atoms with Gasteiger partial charge >= 0.3 is 5.69 Å². The minimum absolute atomic E-state index is 0.000324. The van der Waals surface area contributed by atoms with Crippen molar-refractivity contribution in [3.63, 3.8) is 0 Å². The summed E-state index contributed by atoms with van der Waals surface area (Å²) in [6.45, 7) is 6.45. The highest BCUT2D eigenvalue weighted by molar-refractivity contribution is 9.09. The summed E-state index contributed by atoms with van der Waals surface area (Å²) in [5, 5.41) is 0.895. The molecule has 0 atom stereocenters. The van der Waals surface area contributed by atoms with E-state index in [1.807, 2.05) is 35.8 Å². The highest BCUT2D eigenvalue weighted by Crippen LogP contribution is 2.15. The number of aryl methyl sites for hydroxylation is 1. The lowest BCUT2D eigenvalue weighted by molar-refractivity contribution is 0.671. The van der Waals surface area contributed by atoms with Crippen LogP contribution in [0.15, 0.2) is 35.6 Å². The smallest absolute Gasteiger partial charge is 0.292 e. The van der Waals surface area contributed by atoms with E-state index in [9.17, 15) is 4.79 Å². The molecule has 0 saturated heterocycles. The third kappa shape index (κ3) is 2.09. The van der Waals surface area contributed by atoms with Crippen molar-refractivity contribution in [3.05, 3.63) is 41.3 Å². The first kappa shape index (κ1) is 12.2. The second kappa shape index (κ2) is 4.92. The minimum Gasteiger partial charge on any atom is -0.292 e. The number of rotatable bonds is 4.